The fraction of sp³-hybridized carbons (Fsp3) is 0.286. The summed E-state index contributed by atoms with van der Waals surface area (Å²) in [5, 5.41) is 7.98. The molecule has 1 N–H and O–H groups in total. The number of H-pyrrole nitrogens is 1. The molecular formula is C7H7IN4. The average Bonchev–Trinajstić information content (AvgIpc) is 2.48. The highest BCUT2D eigenvalue weighted by Crippen LogP contribution is 2.18. The van der Waals surface area contributed by atoms with Gasteiger partial charge in [-0.05, 0) is 29.0 Å². The van der Waals surface area contributed by atoms with Gasteiger partial charge in [0.25, 0.3) is 0 Å². The molecule has 0 aromatic carbocycles. The van der Waals surface area contributed by atoms with Crippen LogP contribution in [0.15, 0.2) is 6.33 Å². The second kappa shape index (κ2) is 2.96. The summed E-state index contributed by atoms with van der Waals surface area (Å²) in [6.07, 6.45) is 2.46. The summed E-state index contributed by atoms with van der Waals surface area (Å²) < 4.78 is 1.01. The van der Waals surface area contributed by atoms with Gasteiger partial charge in [-0.1, -0.05) is 6.92 Å². The Kier molecular flexibility index (Phi) is 1.95. The van der Waals surface area contributed by atoms with Crippen molar-refractivity contribution in [1.29, 1.82) is 0 Å². The molecule has 4 nitrogen and oxygen atoms in total. The fourth-order valence-corrected chi connectivity index (χ4v) is 1.82. The Balaban J connectivity index is 2.84. The van der Waals surface area contributed by atoms with Crippen molar-refractivity contribution in [2.45, 2.75) is 13.3 Å². The third kappa shape index (κ3) is 1.08. The first-order valence-electron chi connectivity index (χ1n) is 3.66. The second-order valence-corrected chi connectivity index (χ2v) is 3.49. The summed E-state index contributed by atoms with van der Waals surface area (Å²) in [5.74, 6) is 0. The zero-order chi connectivity index (χ0) is 8.55. The van der Waals surface area contributed by atoms with Crippen molar-refractivity contribution in [3.63, 3.8) is 0 Å². The van der Waals surface area contributed by atoms with Gasteiger partial charge >= 0.3 is 0 Å². The number of aryl methyl sites for hydroxylation is 1. The van der Waals surface area contributed by atoms with Gasteiger partial charge in [-0.15, -0.1) is 0 Å². The quantitative estimate of drug-likeness (QED) is 0.802. The second-order valence-electron chi connectivity index (χ2n) is 2.41. The van der Waals surface area contributed by atoms with E-state index in [1.54, 1.807) is 6.33 Å². The predicted molar refractivity (Wildman–Crippen MR) is 53.8 cm³/mol. The third-order valence-electron chi connectivity index (χ3n) is 1.72. The monoisotopic (exact) mass is 274 g/mol. The highest BCUT2D eigenvalue weighted by Gasteiger charge is 2.07. The molecule has 5 heteroatoms. The molecule has 0 aliphatic rings. The highest BCUT2D eigenvalue weighted by molar-refractivity contribution is 14.1. The van der Waals surface area contributed by atoms with Crippen molar-refractivity contribution in [2.24, 2.45) is 0 Å². The van der Waals surface area contributed by atoms with Gasteiger partial charge in [0.1, 0.15) is 10.0 Å². The number of nitrogens with zero attached hydrogens (tertiary/aromatic N) is 3. The van der Waals surface area contributed by atoms with Crippen LogP contribution in [0.5, 0.6) is 0 Å². The highest BCUT2D eigenvalue weighted by atomic mass is 127. The van der Waals surface area contributed by atoms with E-state index in [1.807, 2.05) is 0 Å². The van der Waals surface area contributed by atoms with E-state index in [2.05, 4.69) is 49.7 Å². The molecule has 0 bridgehead atoms. The van der Waals surface area contributed by atoms with E-state index >= 15 is 0 Å². The van der Waals surface area contributed by atoms with E-state index in [1.165, 1.54) is 0 Å². The van der Waals surface area contributed by atoms with Gasteiger partial charge in [-0.2, -0.15) is 5.10 Å². The number of nitrogens with one attached hydrogen (secondary N) is 1. The number of aromatic nitrogens is 4. The SMILES string of the molecule is CCc1ncnc2n[nH]c(I)c12. The van der Waals surface area contributed by atoms with E-state index in [9.17, 15) is 0 Å². The van der Waals surface area contributed by atoms with Crippen molar-refractivity contribution in [1.82, 2.24) is 20.2 Å². The molecule has 2 aromatic heterocycles. The summed E-state index contributed by atoms with van der Waals surface area (Å²) >= 11 is 2.20. The topological polar surface area (TPSA) is 54.5 Å². The maximum absolute atomic E-state index is 4.18. The van der Waals surface area contributed by atoms with Crippen LogP contribution in [0, 0.1) is 3.70 Å². The lowest BCUT2D eigenvalue weighted by Crippen LogP contribution is -1.90. The summed E-state index contributed by atoms with van der Waals surface area (Å²) in [7, 11) is 0. The maximum Gasteiger partial charge on any atom is 0.185 e. The normalized spacial score (nSPS) is 10.8. The van der Waals surface area contributed by atoms with Crippen LogP contribution >= 0.6 is 22.6 Å². The van der Waals surface area contributed by atoms with Crippen LogP contribution < -0.4 is 0 Å². The average molecular weight is 274 g/mol. The lowest BCUT2D eigenvalue weighted by Gasteiger charge is -1.95. The Hall–Kier alpha value is -0.720. The van der Waals surface area contributed by atoms with Gasteiger partial charge in [-0.3, -0.25) is 5.10 Å². The van der Waals surface area contributed by atoms with Gasteiger partial charge in [0.15, 0.2) is 5.65 Å². The van der Waals surface area contributed by atoms with Crippen molar-refractivity contribution in [2.75, 3.05) is 0 Å². The van der Waals surface area contributed by atoms with Crippen LogP contribution in [0.4, 0.5) is 0 Å². The molecule has 0 spiro atoms. The molecule has 12 heavy (non-hydrogen) atoms. The molecule has 0 atom stereocenters. The smallest absolute Gasteiger partial charge is 0.185 e. The van der Waals surface area contributed by atoms with E-state index in [-0.39, 0.29) is 0 Å². The minimum atomic E-state index is 0.756. The fourth-order valence-electron chi connectivity index (χ4n) is 1.15. The minimum Gasteiger partial charge on any atom is -0.269 e. The molecular weight excluding hydrogens is 267 g/mol. The Bertz CT molecular complexity index is 409. The van der Waals surface area contributed by atoms with Crippen molar-refractivity contribution >= 4 is 33.6 Å². The molecule has 0 saturated heterocycles. The number of fused-ring (bicyclic) bond motifs is 1. The van der Waals surface area contributed by atoms with Crippen LogP contribution in [0.2, 0.25) is 0 Å². The zero-order valence-electron chi connectivity index (χ0n) is 6.50. The first kappa shape index (κ1) is 7.90. The zero-order valence-corrected chi connectivity index (χ0v) is 8.66. The maximum atomic E-state index is 4.18. The van der Waals surface area contributed by atoms with Crippen molar-refractivity contribution in [3.8, 4) is 0 Å². The molecule has 0 radical (unpaired) electrons. The molecule has 2 aromatic rings. The van der Waals surface area contributed by atoms with E-state index in [0.717, 1.165) is 26.8 Å². The molecule has 0 aliphatic carbocycles. The van der Waals surface area contributed by atoms with Gasteiger partial charge < -0.3 is 0 Å². The van der Waals surface area contributed by atoms with Crippen LogP contribution in [-0.4, -0.2) is 20.2 Å². The molecule has 0 fully saturated rings. The molecule has 0 unspecified atom stereocenters. The van der Waals surface area contributed by atoms with E-state index in [4.69, 9.17) is 0 Å². The van der Waals surface area contributed by atoms with E-state index < -0.39 is 0 Å². The molecule has 0 amide bonds. The van der Waals surface area contributed by atoms with E-state index in [0.29, 0.717) is 0 Å². The summed E-state index contributed by atoms with van der Waals surface area (Å²) in [5.41, 5.74) is 1.81. The number of halogens is 1. The third-order valence-corrected chi connectivity index (χ3v) is 2.50. The molecule has 0 saturated carbocycles. The summed E-state index contributed by atoms with van der Waals surface area (Å²) in [6, 6.07) is 0. The first-order valence-corrected chi connectivity index (χ1v) is 4.74. The number of hydrogen-bond donors (Lipinski definition) is 1. The molecule has 2 heterocycles. The van der Waals surface area contributed by atoms with Crippen molar-refractivity contribution < 1.29 is 0 Å². The molecule has 0 aliphatic heterocycles. The predicted octanol–water partition coefficient (Wildman–Crippen LogP) is 1.52. The van der Waals surface area contributed by atoms with Crippen LogP contribution in [0.25, 0.3) is 11.0 Å². The molecule has 2 rings (SSSR count). The summed E-state index contributed by atoms with van der Waals surface area (Å²) in [6.45, 7) is 2.07. The Morgan fingerprint density at radius 2 is 2.33 bits per heavy atom. The van der Waals surface area contributed by atoms with Crippen LogP contribution in [-0.2, 0) is 6.42 Å². The van der Waals surface area contributed by atoms with Crippen LogP contribution in [0.1, 0.15) is 12.6 Å². The Morgan fingerprint density at radius 3 is 3.08 bits per heavy atom. The molecule has 62 valence electrons. The number of aromatic amines is 1. The summed E-state index contributed by atoms with van der Waals surface area (Å²) in [4.78, 5) is 8.23. The Labute approximate surface area is 82.9 Å². The van der Waals surface area contributed by atoms with Crippen LogP contribution in [0.3, 0.4) is 0 Å². The van der Waals surface area contributed by atoms with Gasteiger partial charge in [0.2, 0.25) is 0 Å². The number of rotatable bonds is 1. The lowest BCUT2D eigenvalue weighted by molar-refractivity contribution is 1.02. The first-order chi connectivity index (χ1) is 5.83. The van der Waals surface area contributed by atoms with Gasteiger partial charge in [-0.25, -0.2) is 9.97 Å². The minimum absolute atomic E-state index is 0.756. The standard InChI is InChI=1S/C7H7IN4/c1-2-4-5-6(8)11-12-7(5)10-3-9-4/h3H,2H2,1H3,(H,9,10,11,12). The largest absolute Gasteiger partial charge is 0.269 e. The van der Waals surface area contributed by atoms with Crippen molar-refractivity contribution in [3.05, 3.63) is 15.7 Å². The number of hydrogen-bond acceptors (Lipinski definition) is 3. The van der Waals surface area contributed by atoms with Gasteiger partial charge in [0, 0.05) is 0 Å². The van der Waals surface area contributed by atoms with Gasteiger partial charge in [0.05, 0.1) is 11.1 Å². The lowest BCUT2D eigenvalue weighted by atomic mass is 10.2. The Morgan fingerprint density at radius 1 is 1.50 bits per heavy atom.